The minimum Gasteiger partial charge on any atom is -0.465 e. The zero-order valence-electron chi connectivity index (χ0n) is 8.83. The first-order valence-electron chi connectivity index (χ1n) is 4.69. The molecule has 0 saturated heterocycles. The molecule has 5 heteroatoms. The van der Waals surface area contributed by atoms with Crippen LogP contribution in [0.25, 0.3) is 0 Å². The summed E-state index contributed by atoms with van der Waals surface area (Å²) in [4.78, 5) is 13.1. The van der Waals surface area contributed by atoms with Crippen LogP contribution in [-0.4, -0.2) is 31.1 Å². The van der Waals surface area contributed by atoms with Gasteiger partial charge in [0.05, 0.1) is 16.9 Å². The molecule has 0 amide bonds. The van der Waals surface area contributed by atoms with Gasteiger partial charge in [0, 0.05) is 6.54 Å². The molecule has 0 aliphatic heterocycles. The van der Waals surface area contributed by atoms with Gasteiger partial charge < -0.3 is 4.74 Å². The summed E-state index contributed by atoms with van der Waals surface area (Å²) in [6, 6.07) is 2.06. The van der Waals surface area contributed by atoms with E-state index in [1.165, 1.54) is 5.56 Å². The van der Waals surface area contributed by atoms with Crippen LogP contribution in [0.5, 0.6) is 0 Å². The molecule has 1 rings (SSSR count). The van der Waals surface area contributed by atoms with Gasteiger partial charge in [-0.25, -0.2) is 0 Å². The fourth-order valence-corrected chi connectivity index (χ4v) is 2.42. The molecule has 0 atom stereocenters. The van der Waals surface area contributed by atoms with Crippen molar-refractivity contribution in [3.8, 4) is 0 Å². The monoisotopic (exact) mass is 291 g/mol. The molecule has 0 unspecified atom stereocenters. The largest absolute Gasteiger partial charge is 0.465 e. The number of thiophene rings is 1. The van der Waals surface area contributed by atoms with Crippen molar-refractivity contribution >= 4 is 33.2 Å². The fraction of sp³-hybridized carbons (Fsp3) is 0.500. The Morgan fingerprint density at radius 2 is 2.40 bits per heavy atom. The zero-order chi connectivity index (χ0) is 11.3. The number of ether oxygens (including phenoxy) is 1. The maximum absolute atomic E-state index is 11.2. The number of hydrogen-bond acceptors (Lipinski definition) is 4. The van der Waals surface area contributed by atoms with Crippen molar-refractivity contribution in [3.05, 3.63) is 20.8 Å². The SMILES string of the molecule is CCOC(=O)CN(C)Cc1csc(Br)c1. The lowest BCUT2D eigenvalue weighted by Crippen LogP contribution is -2.26. The van der Waals surface area contributed by atoms with E-state index in [0.717, 1.165) is 10.3 Å². The molecule has 0 saturated carbocycles. The van der Waals surface area contributed by atoms with Gasteiger partial charge in [0.15, 0.2) is 0 Å². The van der Waals surface area contributed by atoms with Crippen LogP contribution < -0.4 is 0 Å². The average Bonchev–Trinajstić information content (AvgIpc) is 2.51. The first-order valence-corrected chi connectivity index (χ1v) is 6.36. The van der Waals surface area contributed by atoms with Crippen molar-refractivity contribution in [2.75, 3.05) is 20.2 Å². The first kappa shape index (κ1) is 12.7. The van der Waals surface area contributed by atoms with E-state index in [1.807, 2.05) is 18.9 Å². The van der Waals surface area contributed by atoms with Gasteiger partial charge in [-0.2, -0.15) is 0 Å². The number of carbonyl (C=O) groups excluding carboxylic acids is 1. The normalized spacial score (nSPS) is 10.7. The summed E-state index contributed by atoms with van der Waals surface area (Å²) < 4.78 is 5.98. The third-order valence-electron chi connectivity index (χ3n) is 1.78. The zero-order valence-corrected chi connectivity index (χ0v) is 11.2. The van der Waals surface area contributed by atoms with Crippen molar-refractivity contribution in [2.45, 2.75) is 13.5 Å². The number of rotatable bonds is 5. The highest BCUT2D eigenvalue weighted by atomic mass is 79.9. The number of nitrogens with zero attached hydrogens (tertiary/aromatic N) is 1. The topological polar surface area (TPSA) is 29.5 Å². The molecule has 3 nitrogen and oxygen atoms in total. The summed E-state index contributed by atoms with van der Waals surface area (Å²) >= 11 is 5.06. The maximum Gasteiger partial charge on any atom is 0.320 e. The van der Waals surface area contributed by atoms with E-state index < -0.39 is 0 Å². The maximum atomic E-state index is 11.2. The lowest BCUT2D eigenvalue weighted by Gasteiger charge is -2.14. The summed E-state index contributed by atoms with van der Waals surface area (Å²) in [5.74, 6) is -0.172. The van der Waals surface area contributed by atoms with Gasteiger partial charge in [-0.15, -0.1) is 11.3 Å². The second kappa shape index (κ2) is 6.25. The number of hydrogen-bond donors (Lipinski definition) is 0. The summed E-state index contributed by atoms with van der Waals surface area (Å²) in [5.41, 5.74) is 1.21. The summed E-state index contributed by atoms with van der Waals surface area (Å²) in [6.07, 6.45) is 0. The van der Waals surface area contributed by atoms with Crippen molar-refractivity contribution in [1.82, 2.24) is 4.90 Å². The molecule has 0 radical (unpaired) electrons. The number of likely N-dealkylation sites (N-methyl/N-ethyl adjacent to an activating group) is 1. The van der Waals surface area contributed by atoms with Crippen LogP contribution in [-0.2, 0) is 16.1 Å². The number of carbonyl (C=O) groups is 1. The molecular formula is C10H14BrNO2S. The summed E-state index contributed by atoms with van der Waals surface area (Å²) in [5, 5.41) is 2.08. The van der Waals surface area contributed by atoms with Crippen LogP contribution in [0.4, 0.5) is 0 Å². The predicted octanol–water partition coefficient (Wildman–Crippen LogP) is 2.51. The van der Waals surface area contributed by atoms with E-state index in [0.29, 0.717) is 13.2 Å². The second-order valence-corrected chi connectivity index (χ2v) is 5.53. The molecule has 0 aliphatic carbocycles. The quantitative estimate of drug-likeness (QED) is 0.781. The first-order chi connectivity index (χ1) is 7.11. The lowest BCUT2D eigenvalue weighted by atomic mass is 10.3. The molecule has 0 aliphatic rings. The molecule has 0 fully saturated rings. The highest BCUT2D eigenvalue weighted by Gasteiger charge is 2.08. The average molecular weight is 292 g/mol. The Kier molecular flexibility index (Phi) is 5.28. The van der Waals surface area contributed by atoms with Gasteiger partial charge >= 0.3 is 5.97 Å². The van der Waals surface area contributed by atoms with Crippen LogP contribution in [0.1, 0.15) is 12.5 Å². The predicted molar refractivity (Wildman–Crippen MR) is 65.0 cm³/mol. The van der Waals surface area contributed by atoms with Crippen molar-refractivity contribution in [1.29, 1.82) is 0 Å². The number of halogens is 1. The summed E-state index contributed by atoms with van der Waals surface area (Å²) in [6.45, 7) is 3.35. The Balaban J connectivity index is 2.35. The molecule has 1 aromatic rings. The van der Waals surface area contributed by atoms with Gasteiger partial charge in [0.25, 0.3) is 0 Å². The standard InChI is InChI=1S/C10H14BrNO2S/c1-3-14-10(13)6-12(2)5-8-4-9(11)15-7-8/h4,7H,3,5-6H2,1-2H3. The molecule has 0 N–H and O–H groups in total. The van der Waals surface area contributed by atoms with E-state index in [1.54, 1.807) is 11.3 Å². The second-order valence-electron chi connectivity index (χ2n) is 3.24. The minimum atomic E-state index is -0.172. The Bertz CT molecular complexity index is 327. The third kappa shape index (κ3) is 4.77. The van der Waals surface area contributed by atoms with Crippen molar-refractivity contribution < 1.29 is 9.53 Å². The third-order valence-corrected chi connectivity index (χ3v) is 3.33. The van der Waals surface area contributed by atoms with Crippen LogP contribution in [0.2, 0.25) is 0 Å². The van der Waals surface area contributed by atoms with Gasteiger partial charge in [0.2, 0.25) is 0 Å². The van der Waals surface area contributed by atoms with E-state index >= 15 is 0 Å². The fourth-order valence-electron chi connectivity index (χ4n) is 1.22. The minimum absolute atomic E-state index is 0.172. The molecule has 1 aromatic heterocycles. The van der Waals surface area contributed by atoms with Crippen molar-refractivity contribution in [2.24, 2.45) is 0 Å². The Hall–Kier alpha value is -0.390. The van der Waals surface area contributed by atoms with Gasteiger partial charge in [-0.1, -0.05) is 0 Å². The Morgan fingerprint density at radius 3 is 2.93 bits per heavy atom. The summed E-state index contributed by atoms with van der Waals surface area (Å²) in [7, 11) is 1.91. The van der Waals surface area contributed by atoms with Crippen LogP contribution in [0, 0.1) is 0 Å². The van der Waals surface area contributed by atoms with E-state index in [2.05, 4.69) is 27.4 Å². The van der Waals surface area contributed by atoms with E-state index in [4.69, 9.17) is 4.74 Å². The number of esters is 1. The van der Waals surface area contributed by atoms with Gasteiger partial charge in [-0.05, 0) is 46.9 Å². The smallest absolute Gasteiger partial charge is 0.320 e. The molecule has 0 aromatic carbocycles. The lowest BCUT2D eigenvalue weighted by molar-refractivity contribution is -0.144. The van der Waals surface area contributed by atoms with Crippen molar-refractivity contribution in [3.63, 3.8) is 0 Å². The highest BCUT2D eigenvalue weighted by Crippen LogP contribution is 2.21. The molecule has 15 heavy (non-hydrogen) atoms. The molecule has 0 bridgehead atoms. The van der Waals surface area contributed by atoms with Crippen LogP contribution >= 0.6 is 27.3 Å². The Morgan fingerprint density at radius 1 is 1.67 bits per heavy atom. The molecule has 0 spiro atoms. The Labute approximate surface area is 102 Å². The molecule has 84 valence electrons. The van der Waals surface area contributed by atoms with Gasteiger partial charge in [0.1, 0.15) is 0 Å². The van der Waals surface area contributed by atoms with Crippen LogP contribution in [0.3, 0.4) is 0 Å². The molecular weight excluding hydrogens is 278 g/mol. The van der Waals surface area contributed by atoms with E-state index in [9.17, 15) is 4.79 Å². The van der Waals surface area contributed by atoms with Gasteiger partial charge in [-0.3, -0.25) is 9.69 Å². The molecule has 1 heterocycles. The van der Waals surface area contributed by atoms with E-state index in [-0.39, 0.29) is 5.97 Å². The highest BCUT2D eigenvalue weighted by molar-refractivity contribution is 9.11. The van der Waals surface area contributed by atoms with Crippen LogP contribution in [0.15, 0.2) is 15.2 Å².